The molecule has 1 aromatic carbocycles. The third-order valence-corrected chi connectivity index (χ3v) is 5.34. The molecule has 0 aliphatic carbocycles. The molecule has 8 heteroatoms. The van der Waals surface area contributed by atoms with Gasteiger partial charge in [-0.2, -0.15) is 11.3 Å². The smallest absolute Gasteiger partial charge is 0.230 e. The maximum Gasteiger partial charge on any atom is 0.230 e. The summed E-state index contributed by atoms with van der Waals surface area (Å²) in [4.78, 5) is 16.8. The van der Waals surface area contributed by atoms with E-state index < -0.39 is 0 Å². The summed E-state index contributed by atoms with van der Waals surface area (Å²) >= 11 is 9.33. The van der Waals surface area contributed by atoms with E-state index in [9.17, 15) is 4.79 Å². The van der Waals surface area contributed by atoms with Gasteiger partial charge >= 0.3 is 0 Å². The van der Waals surface area contributed by atoms with E-state index in [1.807, 2.05) is 22.2 Å². The number of hydrogen-bond acceptors (Lipinski definition) is 6. The van der Waals surface area contributed by atoms with Crippen molar-refractivity contribution in [1.29, 1.82) is 0 Å². The topological polar surface area (TPSA) is 60.5 Å². The number of thiophene rings is 1. The Morgan fingerprint density at radius 2 is 2.00 bits per heavy atom. The summed E-state index contributed by atoms with van der Waals surface area (Å²) in [7, 11) is 3.05. The van der Waals surface area contributed by atoms with Crippen LogP contribution in [0, 0.1) is 0 Å². The van der Waals surface area contributed by atoms with Gasteiger partial charge in [0.15, 0.2) is 11.5 Å². The molecule has 0 bridgehead atoms. The summed E-state index contributed by atoms with van der Waals surface area (Å²) in [6, 6.07) is 5.25. The largest absolute Gasteiger partial charge is 0.493 e. The molecular formula is C17H15ClN2O3S2. The van der Waals surface area contributed by atoms with Gasteiger partial charge in [0.05, 0.1) is 37.0 Å². The van der Waals surface area contributed by atoms with E-state index in [0.717, 1.165) is 16.3 Å². The molecule has 0 radical (unpaired) electrons. The molecular weight excluding hydrogens is 380 g/mol. The van der Waals surface area contributed by atoms with Crippen molar-refractivity contribution in [3.05, 3.63) is 45.1 Å². The Morgan fingerprint density at radius 3 is 2.68 bits per heavy atom. The van der Waals surface area contributed by atoms with E-state index in [0.29, 0.717) is 22.2 Å². The molecule has 1 amide bonds. The van der Waals surface area contributed by atoms with Gasteiger partial charge in [-0.15, -0.1) is 11.3 Å². The summed E-state index contributed by atoms with van der Waals surface area (Å²) in [6.07, 6.45) is 0.172. The van der Waals surface area contributed by atoms with Crippen molar-refractivity contribution >= 4 is 45.9 Å². The maximum absolute atomic E-state index is 12.3. The molecule has 5 nitrogen and oxygen atoms in total. The fourth-order valence-electron chi connectivity index (χ4n) is 2.22. The maximum atomic E-state index is 12.3. The summed E-state index contributed by atoms with van der Waals surface area (Å²) in [5, 5.41) is 10.0. The first-order valence-electron chi connectivity index (χ1n) is 7.29. The van der Waals surface area contributed by atoms with Crippen LogP contribution in [-0.4, -0.2) is 25.1 Å². The molecule has 1 N–H and O–H groups in total. The van der Waals surface area contributed by atoms with Crippen molar-refractivity contribution in [2.75, 3.05) is 19.5 Å². The Balaban J connectivity index is 1.71. The van der Waals surface area contributed by atoms with Gasteiger partial charge in [0.25, 0.3) is 0 Å². The van der Waals surface area contributed by atoms with Crippen LogP contribution in [0.3, 0.4) is 0 Å². The Morgan fingerprint density at radius 1 is 1.24 bits per heavy atom. The Kier molecular flexibility index (Phi) is 5.57. The van der Waals surface area contributed by atoms with Gasteiger partial charge < -0.3 is 14.8 Å². The number of nitrogens with one attached hydrogen (secondary N) is 1. The molecule has 0 saturated carbocycles. The highest BCUT2D eigenvalue weighted by atomic mass is 35.5. The van der Waals surface area contributed by atoms with Gasteiger partial charge in [-0.1, -0.05) is 11.6 Å². The molecule has 0 aliphatic heterocycles. The molecule has 3 aromatic rings. The van der Waals surface area contributed by atoms with Crippen LogP contribution in [0.2, 0.25) is 5.02 Å². The summed E-state index contributed by atoms with van der Waals surface area (Å²) in [5.41, 5.74) is 2.27. The highest BCUT2D eigenvalue weighted by molar-refractivity contribution is 7.14. The van der Waals surface area contributed by atoms with Crippen LogP contribution in [-0.2, 0) is 11.2 Å². The van der Waals surface area contributed by atoms with Crippen LogP contribution in [0.5, 0.6) is 11.5 Å². The van der Waals surface area contributed by atoms with E-state index in [2.05, 4.69) is 10.3 Å². The molecule has 0 saturated heterocycles. The predicted octanol–water partition coefficient (Wildman–Crippen LogP) is 4.72. The third kappa shape index (κ3) is 4.12. The van der Waals surface area contributed by atoms with Crippen LogP contribution >= 0.6 is 34.3 Å². The fourth-order valence-corrected chi connectivity index (χ4v) is 3.95. The number of benzene rings is 1. The first-order chi connectivity index (χ1) is 12.1. The fraction of sp³-hybridized carbons (Fsp3) is 0.176. The summed E-state index contributed by atoms with van der Waals surface area (Å²) < 4.78 is 10.4. The number of nitrogens with zero attached hydrogens (tertiary/aromatic N) is 1. The number of ether oxygens (including phenoxy) is 2. The number of thiazole rings is 1. The van der Waals surface area contributed by atoms with Crippen molar-refractivity contribution in [1.82, 2.24) is 4.98 Å². The average molecular weight is 395 g/mol. The van der Waals surface area contributed by atoms with Crippen molar-refractivity contribution in [2.45, 2.75) is 6.42 Å². The van der Waals surface area contributed by atoms with Gasteiger partial charge in [0.2, 0.25) is 5.91 Å². The number of rotatable bonds is 6. The van der Waals surface area contributed by atoms with Crippen LogP contribution in [0.15, 0.2) is 34.3 Å². The number of aromatic nitrogens is 1. The molecule has 130 valence electrons. The van der Waals surface area contributed by atoms with Crippen LogP contribution in [0.25, 0.3) is 10.6 Å². The van der Waals surface area contributed by atoms with Gasteiger partial charge in [-0.25, -0.2) is 4.98 Å². The third-order valence-electron chi connectivity index (χ3n) is 3.41. The molecule has 2 aromatic heterocycles. The second-order valence-corrected chi connectivity index (χ2v) is 7.11. The van der Waals surface area contributed by atoms with Crippen molar-refractivity contribution in [3.8, 4) is 22.1 Å². The summed E-state index contributed by atoms with van der Waals surface area (Å²) in [5.74, 6) is 0.803. The molecule has 25 heavy (non-hydrogen) atoms. The van der Waals surface area contributed by atoms with Crippen molar-refractivity contribution < 1.29 is 14.3 Å². The number of anilines is 1. The lowest BCUT2D eigenvalue weighted by molar-refractivity contribution is -0.115. The second kappa shape index (κ2) is 7.86. The lowest BCUT2D eigenvalue weighted by Gasteiger charge is -2.12. The monoisotopic (exact) mass is 394 g/mol. The van der Waals surface area contributed by atoms with E-state index in [-0.39, 0.29) is 12.3 Å². The Bertz CT molecular complexity index is 878. The van der Waals surface area contributed by atoms with Crippen LogP contribution in [0.4, 0.5) is 5.69 Å². The first kappa shape index (κ1) is 17.7. The Hall–Kier alpha value is -2.09. The minimum atomic E-state index is -0.198. The standard InChI is InChI=1S/C17H15ClN2O3S2/c1-22-14-6-12(18)13(7-15(14)23-2)20-16(21)5-11-9-25-17(19-11)10-3-4-24-8-10/h3-4,6-9H,5H2,1-2H3,(H,20,21). The lowest BCUT2D eigenvalue weighted by Crippen LogP contribution is -2.15. The number of halogens is 1. The zero-order valence-electron chi connectivity index (χ0n) is 13.5. The highest BCUT2D eigenvalue weighted by Gasteiger charge is 2.14. The molecule has 0 aliphatic rings. The molecule has 2 heterocycles. The van der Waals surface area contributed by atoms with Crippen molar-refractivity contribution in [3.63, 3.8) is 0 Å². The first-order valence-corrected chi connectivity index (χ1v) is 9.49. The highest BCUT2D eigenvalue weighted by Crippen LogP contribution is 2.36. The molecule has 3 rings (SSSR count). The average Bonchev–Trinajstić information content (AvgIpc) is 3.27. The van der Waals surface area contributed by atoms with Crippen LogP contribution < -0.4 is 14.8 Å². The predicted molar refractivity (Wildman–Crippen MR) is 102 cm³/mol. The Labute approximate surface area is 158 Å². The number of hydrogen-bond donors (Lipinski definition) is 1. The molecule has 0 fully saturated rings. The van der Waals surface area contributed by atoms with E-state index >= 15 is 0 Å². The molecule has 0 spiro atoms. The van der Waals surface area contributed by atoms with Gasteiger partial charge in [0.1, 0.15) is 5.01 Å². The number of amides is 1. The number of carbonyl (C=O) groups excluding carboxylic acids is 1. The van der Waals surface area contributed by atoms with Crippen LogP contribution in [0.1, 0.15) is 5.69 Å². The minimum Gasteiger partial charge on any atom is -0.493 e. The van der Waals surface area contributed by atoms with E-state index in [1.165, 1.54) is 25.6 Å². The van der Waals surface area contributed by atoms with E-state index in [4.69, 9.17) is 21.1 Å². The minimum absolute atomic E-state index is 0.172. The van der Waals surface area contributed by atoms with Gasteiger partial charge in [-0.3, -0.25) is 4.79 Å². The second-order valence-electron chi connectivity index (χ2n) is 5.07. The number of carbonyl (C=O) groups is 1. The zero-order chi connectivity index (χ0) is 17.8. The lowest BCUT2D eigenvalue weighted by atomic mass is 10.2. The van der Waals surface area contributed by atoms with Gasteiger partial charge in [0, 0.05) is 28.5 Å². The number of methoxy groups -OCH3 is 2. The van der Waals surface area contributed by atoms with Gasteiger partial charge in [-0.05, 0) is 11.4 Å². The molecule has 0 atom stereocenters. The summed E-state index contributed by atoms with van der Waals surface area (Å²) in [6.45, 7) is 0. The quantitative estimate of drug-likeness (QED) is 0.656. The van der Waals surface area contributed by atoms with Crippen molar-refractivity contribution in [2.24, 2.45) is 0 Å². The molecule has 0 unspecified atom stereocenters. The zero-order valence-corrected chi connectivity index (χ0v) is 15.9. The SMILES string of the molecule is COc1cc(Cl)c(NC(=O)Cc2csc(-c3ccsc3)n2)cc1OC. The van der Waals surface area contributed by atoms with E-state index in [1.54, 1.807) is 23.5 Å². The normalized spacial score (nSPS) is 10.5.